The van der Waals surface area contributed by atoms with E-state index in [1.54, 1.807) is 0 Å². The molecule has 112 valence electrons. The number of hydrogen-bond acceptors (Lipinski definition) is 4. The summed E-state index contributed by atoms with van der Waals surface area (Å²) in [5, 5.41) is 3.35. The van der Waals surface area contributed by atoms with Crippen molar-refractivity contribution in [2.45, 2.75) is 27.7 Å². The lowest BCUT2D eigenvalue weighted by atomic mass is 10.1. The van der Waals surface area contributed by atoms with E-state index in [2.05, 4.69) is 50.0 Å². The van der Waals surface area contributed by atoms with Gasteiger partial charge >= 0.3 is 0 Å². The molecule has 1 heterocycles. The molecule has 0 aliphatic rings. The van der Waals surface area contributed by atoms with Gasteiger partial charge in [0.25, 0.3) is 0 Å². The first-order valence-electron chi connectivity index (χ1n) is 7.64. The van der Waals surface area contributed by atoms with Crippen LogP contribution in [-0.2, 0) is 0 Å². The molecule has 2 aromatic rings. The van der Waals surface area contributed by atoms with Crippen molar-refractivity contribution in [2.75, 3.05) is 29.9 Å². The fourth-order valence-electron chi connectivity index (χ4n) is 2.37. The number of aromatic nitrogens is 2. The van der Waals surface area contributed by atoms with Crippen LogP contribution in [0.5, 0.6) is 0 Å². The second-order valence-electron chi connectivity index (χ2n) is 4.91. The Hall–Kier alpha value is -2.10. The Bertz CT molecular complexity index is 577. The molecule has 0 amide bonds. The first kappa shape index (κ1) is 15.3. The molecular formula is C17H24N4. The molecule has 0 atom stereocenters. The van der Waals surface area contributed by atoms with E-state index >= 15 is 0 Å². The summed E-state index contributed by atoms with van der Waals surface area (Å²) in [6.45, 7) is 11.1. The molecule has 2 rings (SSSR count). The summed E-state index contributed by atoms with van der Waals surface area (Å²) >= 11 is 0. The van der Waals surface area contributed by atoms with E-state index in [1.165, 1.54) is 0 Å². The molecule has 4 nitrogen and oxygen atoms in total. The van der Waals surface area contributed by atoms with Crippen molar-refractivity contribution < 1.29 is 0 Å². The number of benzene rings is 1. The van der Waals surface area contributed by atoms with Gasteiger partial charge in [-0.2, -0.15) is 4.98 Å². The van der Waals surface area contributed by atoms with E-state index in [0.29, 0.717) is 0 Å². The molecule has 0 unspecified atom stereocenters. The smallest absolute Gasteiger partial charge is 0.227 e. The zero-order valence-corrected chi connectivity index (χ0v) is 13.3. The van der Waals surface area contributed by atoms with Crippen molar-refractivity contribution >= 4 is 11.8 Å². The van der Waals surface area contributed by atoms with E-state index < -0.39 is 0 Å². The third-order valence-electron chi connectivity index (χ3n) is 3.57. The fourth-order valence-corrected chi connectivity index (χ4v) is 2.37. The quantitative estimate of drug-likeness (QED) is 0.877. The molecule has 1 aromatic carbocycles. The highest BCUT2D eigenvalue weighted by atomic mass is 15.3. The SMILES string of the molecule is CCNc1nc(N(CC)CC)nc(-c2ccccc2)c1C. The third kappa shape index (κ3) is 3.32. The number of nitrogens with zero attached hydrogens (tertiary/aromatic N) is 3. The molecule has 0 saturated carbocycles. The van der Waals surface area contributed by atoms with E-state index in [4.69, 9.17) is 9.97 Å². The monoisotopic (exact) mass is 284 g/mol. The highest BCUT2D eigenvalue weighted by Gasteiger charge is 2.14. The van der Waals surface area contributed by atoms with Crippen molar-refractivity contribution in [3.63, 3.8) is 0 Å². The van der Waals surface area contributed by atoms with Crippen molar-refractivity contribution in [1.29, 1.82) is 0 Å². The molecule has 0 spiro atoms. The van der Waals surface area contributed by atoms with Gasteiger partial charge in [-0.15, -0.1) is 0 Å². The maximum absolute atomic E-state index is 4.80. The van der Waals surface area contributed by atoms with Crippen molar-refractivity contribution in [3.05, 3.63) is 35.9 Å². The molecule has 0 bridgehead atoms. The largest absolute Gasteiger partial charge is 0.370 e. The van der Waals surface area contributed by atoms with Crippen LogP contribution in [-0.4, -0.2) is 29.6 Å². The molecule has 0 radical (unpaired) electrons. The minimum Gasteiger partial charge on any atom is -0.370 e. The standard InChI is InChI=1S/C17H24N4/c1-5-18-16-13(4)15(14-11-9-8-10-12-14)19-17(20-16)21(6-2)7-3/h8-12H,5-7H2,1-4H3,(H,18,19,20). The topological polar surface area (TPSA) is 41.1 Å². The highest BCUT2D eigenvalue weighted by Crippen LogP contribution is 2.28. The average molecular weight is 284 g/mol. The van der Waals surface area contributed by atoms with Gasteiger partial charge in [0.15, 0.2) is 0 Å². The van der Waals surface area contributed by atoms with E-state index in [1.807, 2.05) is 18.2 Å². The number of rotatable bonds is 6. The normalized spacial score (nSPS) is 10.5. The lowest BCUT2D eigenvalue weighted by Gasteiger charge is -2.21. The molecule has 0 fully saturated rings. The van der Waals surface area contributed by atoms with Gasteiger partial charge in [0.1, 0.15) is 5.82 Å². The minimum absolute atomic E-state index is 0.792. The Labute approximate surface area is 127 Å². The summed E-state index contributed by atoms with van der Waals surface area (Å²) in [5.41, 5.74) is 3.23. The average Bonchev–Trinajstić information content (AvgIpc) is 2.52. The third-order valence-corrected chi connectivity index (χ3v) is 3.57. The Kier molecular flexibility index (Phi) is 5.14. The number of anilines is 2. The Balaban J connectivity index is 2.57. The first-order chi connectivity index (χ1) is 10.2. The maximum atomic E-state index is 4.80. The van der Waals surface area contributed by atoms with Gasteiger partial charge in [-0.25, -0.2) is 4.98 Å². The van der Waals surface area contributed by atoms with Crippen LogP contribution in [0.25, 0.3) is 11.3 Å². The Morgan fingerprint density at radius 3 is 2.24 bits per heavy atom. The number of hydrogen-bond donors (Lipinski definition) is 1. The second-order valence-corrected chi connectivity index (χ2v) is 4.91. The summed E-state index contributed by atoms with van der Waals surface area (Å²) in [6, 6.07) is 10.3. The van der Waals surface area contributed by atoms with Crippen molar-refractivity contribution in [1.82, 2.24) is 9.97 Å². The summed E-state index contributed by atoms with van der Waals surface area (Å²) in [4.78, 5) is 11.7. The van der Waals surface area contributed by atoms with Crippen LogP contribution < -0.4 is 10.2 Å². The van der Waals surface area contributed by atoms with Gasteiger partial charge in [-0.05, 0) is 27.7 Å². The molecule has 1 aromatic heterocycles. The van der Waals surface area contributed by atoms with E-state index in [0.717, 1.165) is 48.2 Å². The first-order valence-corrected chi connectivity index (χ1v) is 7.64. The van der Waals surface area contributed by atoms with Crippen LogP contribution >= 0.6 is 0 Å². The van der Waals surface area contributed by atoms with Gasteiger partial charge in [0, 0.05) is 30.8 Å². The van der Waals surface area contributed by atoms with Gasteiger partial charge < -0.3 is 10.2 Å². The van der Waals surface area contributed by atoms with Crippen molar-refractivity contribution in [3.8, 4) is 11.3 Å². The summed E-state index contributed by atoms with van der Waals surface area (Å²) in [5.74, 6) is 1.72. The molecule has 4 heteroatoms. The maximum Gasteiger partial charge on any atom is 0.227 e. The minimum atomic E-state index is 0.792. The summed E-state index contributed by atoms with van der Waals surface area (Å²) < 4.78 is 0. The molecule has 0 saturated heterocycles. The molecule has 0 aliphatic heterocycles. The highest BCUT2D eigenvalue weighted by molar-refractivity contribution is 5.70. The molecular weight excluding hydrogens is 260 g/mol. The van der Waals surface area contributed by atoms with Crippen molar-refractivity contribution in [2.24, 2.45) is 0 Å². The van der Waals surface area contributed by atoms with E-state index in [9.17, 15) is 0 Å². The Morgan fingerprint density at radius 1 is 1.00 bits per heavy atom. The summed E-state index contributed by atoms with van der Waals surface area (Å²) in [7, 11) is 0. The van der Waals surface area contributed by atoms with Gasteiger partial charge in [-0.1, -0.05) is 30.3 Å². The van der Waals surface area contributed by atoms with E-state index in [-0.39, 0.29) is 0 Å². The molecule has 1 N–H and O–H groups in total. The summed E-state index contributed by atoms with van der Waals surface area (Å²) in [6.07, 6.45) is 0. The zero-order chi connectivity index (χ0) is 15.2. The lowest BCUT2D eigenvalue weighted by molar-refractivity contribution is 0.820. The molecule has 0 aliphatic carbocycles. The fraction of sp³-hybridized carbons (Fsp3) is 0.412. The molecule has 21 heavy (non-hydrogen) atoms. The van der Waals surface area contributed by atoms with Crippen LogP contribution in [0.3, 0.4) is 0 Å². The Morgan fingerprint density at radius 2 is 1.67 bits per heavy atom. The second kappa shape index (κ2) is 7.07. The van der Waals surface area contributed by atoms with Gasteiger partial charge in [-0.3, -0.25) is 0 Å². The predicted molar refractivity (Wildman–Crippen MR) is 89.9 cm³/mol. The van der Waals surface area contributed by atoms with Crippen LogP contribution in [0.2, 0.25) is 0 Å². The van der Waals surface area contributed by atoms with Crippen LogP contribution in [0.15, 0.2) is 30.3 Å². The zero-order valence-electron chi connectivity index (χ0n) is 13.3. The lowest BCUT2D eigenvalue weighted by Crippen LogP contribution is -2.25. The predicted octanol–water partition coefficient (Wildman–Crippen LogP) is 3.73. The van der Waals surface area contributed by atoms with Gasteiger partial charge in [0.05, 0.1) is 5.69 Å². The van der Waals surface area contributed by atoms with Crippen LogP contribution in [0, 0.1) is 6.92 Å². The van der Waals surface area contributed by atoms with Crippen LogP contribution in [0.1, 0.15) is 26.3 Å². The van der Waals surface area contributed by atoms with Gasteiger partial charge in [0.2, 0.25) is 5.95 Å². The number of nitrogens with one attached hydrogen (secondary N) is 1. The van der Waals surface area contributed by atoms with Crippen LogP contribution in [0.4, 0.5) is 11.8 Å².